The van der Waals surface area contributed by atoms with Gasteiger partial charge in [-0.1, -0.05) is 12.1 Å². The van der Waals surface area contributed by atoms with Gasteiger partial charge in [0.2, 0.25) is 0 Å². The first-order valence-corrected chi connectivity index (χ1v) is 10.3. The predicted octanol–water partition coefficient (Wildman–Crippen LogP) is 3.17. The second-order valence-electron chi connectivity index (χ2n) is 7.36. The van der Waals surface area contributed by atoms with Gasteiger partial charge in [-0.05, 0) is 35.4 Å². The molecule has 8 heteroatoms. The van der Waals surface area contributed by atoms with Crippen LogP contribution in [0.1, 0.15) is 23.2 Å². The van der Waals surface area contributed by atoms with Crippen molar-refractivity contribution in [2.45, 2.75) is 12.1 Å². The summed E-state index contributed by atoms with van der Waals surface area (Å²) >= 11 is 0. The maximum absolute atomic E-state index is 9.87. The van der Waals surface area contributed by atoms with Gasteiger partial charge in [0.25, 0.3) is 0 Å². The van der Waals surface area contributed by atoms with E-state index in [2.05, 4.69) is 21.9 Å². The fourth-order valence-corrected chi connectivity index (χ4v) is 4.03. The van der Waals surface area contributed by atoms with Gasteiger partial charge in [0.15, 0.2) is 23.0 Å². The molecular weight excluding hydrogens is 408 g/mol. The molecule has 3 rings (SSSR count). The first kappa shape index (κ1) is 23.2. The summed E-state index contributed by atoms with van der Waals surface area (Å²) in [5.74, 6) is 2.46. The minimum absolute atomic E-state index is 0.404. The molecule has 0 spiro atoms. The molecule has 0 saturated carbocycles. The minimum atomic E-state index is -0.404. The standard InChI is InChI=1S/C24H28N4O4/c1-29-21-7-5-17(13-23(21)31-3)19(15-25)27-9-11-28(12-10-27)20(16-26)18-6-8-22(30-2)24(14-18)32-4/h5-8,13-14,19-20H,9-12H2,1-4H3/t19-,20+. The molecule has 32 heavy (non-hydrogen) atoms. The van der Waals surface area contributed by atoms with Gasteiger partial charge in [-0.3, -0.25) is 9.80 Å². The SMILES string of the molecule is COc1ccc([C@@H](C#N)N2CCN([C@@H](C#N)c3ccc(OC)c(OC)c3)CC2)cc1OC. The molecule has 1 aliphatic heterocycles. The Balaban J connectivity index is 1.73. The van der Waals surface area contributed by atoms with Crippen molar-refractivity contribution in [1.29, 1.82) is 10.5 Å². The fourth-order valence-electron chi connectivity index (χ4n) is 4.03. The van der Waals surface area contributed by atoms with E-state index >= 15 is 0 Å². The number of methoxy groups -OCH3 is 4. The fraction of sp³-hybridized carbons (Fsp3) is 0.417. The van der Waals surface area contributed by atoms with Gasteiger partial charge < -0.3 is 18.9 Å². The van der Waals surface area contributed by atoms with Crippen LogP contribution in [0.15, 0.2) is 36.4 Å². The van der Waals surface area contributed by atoms with Crippen molar-refractivity contribution in [3.63, 3.8) is 0 Å². The zero-order valence-corrected chi connectivity index (χ0v) is 18.9. The molecule has 0 aromatic heterocycles. The van der Waals surface area contributed by atoms with E-state index in [1.165, 1.54) is 0 Å². The Morgan fingerprint density at radius 2 is 0.969 bits per heavy atom. The maximum Gasteiger partial charge on any atom is 0.161 e. The molecule has 1 saturated heterocycles. The minimum Gasteiger partial charge on any atom is -0.493 e. The van der Waals surface area contributed by atoms with Gasteiger partial charge >= 0.3 is 0 Å². The van der Waals surface area contributed by atoms with E-state index < -0.39 is 12.1 Å². The Labute approximate surface area is 189 Å². The van der Waals surface area contributed by atoms with Gasteiger partial charge in [0.05, 0.1) is 40.6 Å². The van der Waals surface area contributed by atoms with Crippen LogP contribution >= 0.6 is 0 Å². The molecule has 0 amide bonds. The molecule has 2 aromatic carbocycles. The van der Waals surface area contributed by atoms with Crippen LogP contribution in [0.4, 0.5) is 0 Å². The first-order valence-electron chi connectivity index (χ1n) is 10.3. The van der Waals surface area contributed by atoms with Crippen molar-refractivity contribution in [3.8, 4) is 35.1 Å². The normalized spacial score (nSPS) is 16.3. The van der Waals surface area contributed by atoms with Crippen LogP contribution in [0, 0.1) is 22.7 Å². The Hall–Kier alpha value is -3.46. The smallest absolute Gasteiger partial charge is 0.161 e. The Morgan fingerprint density at radius 1 is 0.625 bits per heavy atom. The molecule has 1 fully saturated rings. The molecule has 2 aromatic rings. The maximum atomic E-state index is 9.87. The number of hydrogen-bond donors (Lipinski definition) is 0. The number of rotatable bonds is 8. The lowest BCUT2D eigenvalue weighted by molar-refractivity contribution is 0.0977. The Kier molecular flexibility index (Phi) is 7.77. The number of hydrogen-bond acceptors (Lipinski definition) is 8. The van der Waals surface area contributed by atoms with E-state index in [1.807, 2.05) is 36.4 Å². The van der Waals surface area contributed by atoms with Crippen LogP contribution in [0.2, 0.25) is 0 Å². The molecule has 8 nitrogen and oxygen atoms in total. The van der Waals surface area contributed by atoms with E-state index in [1.54, 1.807) is 28.4 Å². The summed E-state index contributed by atoms with van der Waals surface area (Å²) in [7, 11) is 6.33. The summed E-state index contributed by atoms with van der Waals surface area (Å²) in [6.07, 6.45) is 0. The molecule has 1 heterocycles. The molecule has 1 aliphatic rings. The topological polar surface area (TPSA) is 91.0 Å². The highest BCUT2D eigenvalue weighted by molar-refractivity contribution is 5.46. The first-order chi connectivity index (χ1) is 15.6. The van der Waals surface area contributed by atoms with Gasteiger partial charge in [-0.2, -0.15) is 10.5 Å². The van der Waals surface area contributed by atoms with Crippen molar-refractivity contribution in [3.05, 3.63) is 47.5 Å². The Bertz CT molecular complexity index is 925. The van der Waals surface area contributed by atoms with Crippen LogP contribution in [0.25, 0.3) is 0 Å². The zero-order chi connectivity index (χ0) is 23.1. The number of benzene rings is 2. The summed E-state index contributed by atoms with van der Waals surface area (Å²) in [5, 5.41) is 19.7. The predicted molar refractivity (Wildman–Crippen MR) is 119 cm³/mol. The molecule has 0 bridgehead atoms. The van der Waals surface area contributed by atoms with Crippen molar-refractivity contribution in [2.75, 3.05) is 54.6 Å². The monoisotopic (exact) mass is 436 g/mol. The average molecular weight is 437 g/mol. The third-order valence-corrected chi connectivity index (χ3v) is 5.77. The lowest BCUT2D eigenvalue weighted by Crippen LogP contribution is -2.48. The number of piperazine rings is 1. The lowest BCUT2D eigenvalue weighted by atomic mass is 10.0. The summed E-state index contributed by atoms with van der Waals surface area (Å²) in [4.78, 5) is 4.25. The Morgan fingerprint density at radius 3 is 1.25 bits per heavy atom. The highest BCUT2D eigenvalue weighted by Crippen LogP contribution is 2.34. The van der Waals surface area contributed by atoms with Gasteiger partial charge in [-0.25, -0.2) is 0 Å². The van der Waals surface area contributed by atoms with Gasteiger partial charge in [0, 0.05) is 26.2 Å². The van der Waals surface area contributed by atoms with E-state index in [-0.39, 0.29) is 0 Å². The average Bonchev–Trinajstić information content (AvgIpc) is 2.85. The van der Waals surface area contributed by atoms with Crippen LogP contribution in [0.3, 0.4) is 0 Å². The van der Waals surface area contributed by atoms with Crippen LogP contribution in [-0.2, 0) is 0 Å². The van der Waals surface area contributed by atoms with E-state index in [0.29, 0.717) is 49.2 Å². The highest BCUT2D eigenvalue weighted by Gasteiger charge is 2.30. The molecule has 0 radical (unpaired) electrons. The van der Waals surface area contributed by atoms with Crippen molar-refractivity contribution in [1.82, 2.24) is 9.80 Å². The number of nitriles is 2. The van der Waals surface area contributed by atoms with Crippen molar-refractivity contribution < 1.29 is 18.9 Å². The summed E-state index contributed by atoms with van der Waals surface area (Å²) in [5.41, 5.74) is 1.71. The second-order valence-corrected chi connectivity index (χ2v) is 7.36. The molecule has 2 atom stereocenters. The van der Waals surface area contributed by atoms with Gasteiger partial charge in [0.1, 0.15) is 12.1 Å². The van der Waals surface area contributed by atoms with E-state index in [4.69, 9.17) is 18.9 Å². The molecule has 0 N–H and O–H groups in total. The van der Waals surface area contributed by atoms with Crippen LogP contribution in [0.5, 0.6) is 23.0 Å². The quantitative estimate of drug-likeness (QED) is 0.623. The molecule has 0 aliphatic carbocycles. The molecular formula is C24H28N4O4. The summed E-state index contributed by atoms with van der Waals surface area (Å²) in [6, 6.07) is 15.1. The largest absolute Gasteiger partial charge is 0.493 e. The zero-order valence-electron chi connectivity index (χ0n) is 18.9. The third kappa shape index (κ3) is 4.72. The van der Waals surface area contributed by atoms with Crippen molar-refractivity contribution >= 4 is 0 Å². The molecule has 168 valence electrons. The second kappa shape index (κ2) is 10.7. The summed E-state index contributed by atoms with van der Waals surface area (Å²) in [6.45, 7) is 2.66. The number of ether oxygens (including phenoxy) is 4. The number of nitrogens with zero attached hydrogens (tertiary/aromatic N) is 4. The van der Waals surface area contributed by atoms with E-state index in [0.717, 1.165) is 11.1 Å². The van der Waals surface area contributed by atoms with Crippen LogP contribution < -0.4 is 18.9 Å². The van der Waals surface area contributed by atoms with Gasteiger partial charge in [-0.15, -0.1) is 0 Å². The summed E-state index contributed by atoms with van der Waals surface area (Å²) < 4.78 is 21.4. The third-order valence-electron chi connectivity index (χ3n) is 5.77. The lowest BCUT2D eigenvalue weighted by Gasteiger charge is -2.39. The van der Waals surface area contributed by atoms with Crippen LogP contribution in [-0.4, -0.2) is 64.4 Å². The van der Waals surface area contributed by atoms with E-state index in [9.17, 15) is 10.5 Å². The highest BCUT2D eigenvalue weighted by atomic mass is 16.5. The molecule has 0 unspecified atom stereocenters. The van der Waals surface area contributed by atoms with Crippen molar-refractivity contribution in [2.24, 2.45) is 0 Å².